The van der Waals surface area contributed by atoms with Crippen molar-refractivity contribution < 1.29 is 0 Å². The summed E-state index contributed by atoms with van der Waals surface area (Å²) in [4.78, 5) is 5.14. The average molecular weight is 604 g/mol. The molecule has 0 unspecified atom stereocenters. The molecule has 0 spiro atoms. The van der Waals surface area contributed by atoms with E-state index in [0.29, 0.717) is 5.56 Å². The molecule has 0 atom stereocenters. The Labute approximate surface area is 269 Å². The SMILES string of the molecule is N#Cc1cccc(-c2cc(-c3cccc(-c4ccccc4)n3)cc(-n3c4ccccc4c4cc5sc6ccccc6c5cc43)c2)c1. The number of hydrogen-bond acceptors (Lipinski definition) is 3. The molecule has 0 aliphatic rings. The standard InChI is InChI=1S/C42H25N3S/c43-26-27-10-8-13-29(20-27)30-21-31(38-17-9-16-37(44-38)28-11-2-1-3-12-28)23-32(22-30)45-39-18-6-4-14-33(39)35-25-42-36(24-40(35)45)34-15-5-7-19-41(34)46-42/h1-25H. The fourth-order valence-corrected chi connectivity index (χ4v) is 7.78. The normalized spacial score (nSPS) is 11.5. The molecular formula is C42H25N3S. The molecule has 9 aromatic rings. The number of nitrogens with zero attached hydrogens (tertiary/aromatic N) is 3. The second-order valence-electron chi connectivity index (χ2n) is 11.6. The van der Waals surface area contributed by atoms with Gasteiger partial charge in [0.2, 0.25) is 0 Å². The van der Waals surface area contributed by atoms with Crippen molar-refractivity contribution in [3.8, 4) is 45.4 Å². The van der Waals surface area contributed by atoms with Gasteiger partial charge in [0.05, 0.1) is 34.1 Å². The summed E-state index contributed by atoms with van der Waals surface area (Å²) >= 11 is 1.85. The average Bonchev–Trinajstić information content (AvgIpc) is 3.65. The molecule has 3 nitrogen and oxygen atoms in total. The summed E-state index contributed by atoms with van der Waals surface area (Å²) in [6, 6.07) is 55.4. The second-order valence-corrected chi connectivity index (χ2v) is 12.6. The Kier molecular flexibility index (Phi) is 6.06. The third kappa shape index (κ3) is 4.29. The van der Waals surface area contributed by atoms with Gasteiger partial charge < -0.3 is 4.57 Å². The van der Waals surface area contributed by atoms with E-state index < -0.39 is 0 Å². The minimum absolute atomic E-state index is 0.636. The number of para-hydroxylation sites is 1. The van der Waals surface area contributed by atoms with Gasteiger partial charge in [-0.25, -0.2) is 4.98 Å². The number of benzene rings is 6. The van der Waals surface area contributed by atoms with Crippen LogP contribution in [-0.4, -0.2) is 9.55 Å². The van der Waals surface area contributed by atoms with E-state index in [1.165, 1.54) is 30.9 Å². The lowest BCUT2D eigenvalue weighted by atomic mass is 9.98. The van der Waals surface area contributed by atoms with E-state index in [2.05, 4.69) is 126 Å². The molecule has 46 heavy (non-hydrogen) atoms. The molecule has 0 saturated carbocycles. The van der Waals surface area contributed by atoms with Gasteiger partial charge in [-0.3, -0.25) is 0 Å². The van der Waals surface area contributed by atoms with Crippen LogP contribution in [0.25, 0.3) is 81.3 Å². The van der Waals surface area contributed by atoms with Crippen LogP contribution in [0.15, 0.2) is 152 Å². The quantitative estimate of drug-likeness (QED) is 0.201. The molecule has 3 heterocycles. The number of pyridine rings is 1. The Balaban J connectivity index is 1.34. The Bertz CT molecular complexity index is 2660. The first kappa shape index (κ1) is 26.4. The highest BCUT2D eigenvalue weighted by Gasteiger charge is 2.17. The second kappa shape index (κ2) is 10.6. The number of thiophene rings is 1. The smallest absolute Gasteiger partial charge is 0.0991 e. The van der Waals surface area contributed by atoms with E-state index >= 15 is 0 Å². The van der Waals surface area contributed by atoms with Crippen molar-refractivity contribution in [2.45, 2.75) is 0 Å². The molecule has 0 aliphatic heterocycles. The molecule has 0 fully saturated rings. The van der Waals surface area contributed by atoms with Crippen LogP contribution in [0.2, 0.25) is 0 Å². The number of rotatable bonds is 4. The van der Waals surface area contributed by atoms with Crippen molar-refractivity contribution in [2.24, 2.45) is 0 Å². The van der Waals surface area contributed by atoms with Crippen LogP contribution >= 0.6 is 11.3 Å². The topological polar surface area (TPSA) is 41.6 Å². The van der Waals surface area contributed by atoms with E-state index in [-0.39, 0.29) is 0 Å². The van der Waals surface area contributed by atoms with E-state index in [1.54, 1.807) is 0 Å². The zero-order valence-electron chi connectivity index (χ0n) is 24.7. The highest BCUT2D eigenvalue weighted by atomic mass is 32.1. The Morgan fingerprint density at radius 3 is 2.07 bits per heavy atom. The van der Waals surface area contributed by atoms with Crippen LogP contribution in [-0.2, 0) is 0 Å². The van der Waals surface area contributed by atoms with E-state index in [0.717, 1.165) is 50.4 Å². The first-order chi connectivity index (χ1) is 22.7. The Morgan fingerprint density at radius 1 is 0.478 bits per heavy atom. The molecule has 9 rings (SSSR count). The molecule has 3 aromatic heterocycles. The summed E-state index contributed by atoms with van der Waals surface area (Å²) in [6.07, 6.45) is 0. The number of fused-ring (bicyclic) bond motifs is 6. The van der Waals surface area contributed by atoms with Crippen molar-refractivity contribution in [1.29, 1.82) is 5.26 Å². The van der Waals surface area contributed by atoms with E-state index in [4.69, 9.17) is 4.98 Å². The highest BCUT2D eigenvalue weighted by Crippen LogP contribution is 2.41. The van der Waals surface area contributed by atoms with Crippen molar-refractivity contribution in [2.75, 3.05) is 0 Å². The summed E-state index contributed by atoms with van der Waals surface area (Å²) < 4.78 is 4.98. The van der Waals surface area contributed by atoms with Crippen molar-refractivity contribution >= 4 is 53.3 Å². The van der Waals surface area contributed by atoms with Gasteiger partial charge in [-0.05, 0) is 77.9 Å². The minimum Gasteiger partial charge on any atom is -0.309 e. The highest BCUT2D eigenvalue weighted by molar-refractivity contribution is 7.25. The predicted molar refractivity (Wildman–Crippen MR) is 192 cm³/mol. The van der Waals surface area contributed by atoms with Crippen LogP contribution in [0, 0.1) is 11.3 Å². The van der Waals surface area contributed by atoms with Crippen LogP contribution in [0.1, 0.15) is 5.56 Å². The Hall–Kier alpha value is -6.02. The molecule has 0 saturated heterocycles. The Morgan fingerprint density at radius 2 is 1.20 bits per heavy atom. The number of hydrogen-bond donors (Lipinski definition) is 0. The maximum absolute atomic E-state index is 9.70. The zero-order chi connectivity index (χ0) is 30.6. The number of aromatic nitrogens is 2. The summed E-state index contributed by atoms with van der Waals surface area (Å²) in [5, 5.41) is 14.7. The third-order valence-corrected chi connectivity index (χ3v) is 9.92. The van der Waals surface area contributed by atoms with Gasteiger partial charge in [0, 0.05) is 47.8 Å². The summed E-state index contributed by atoms with van der Waals surface area (Å²) in [5.41, 5.74) is 9.95. The molecule has 0 aliphatic carbocycles. The largest absolute Gasteiger partial charge is 0.309 e. The van der Waals surface area contributed by atoms with Gasteiger partial charge in [-0.1, -0.05) is 84.9 Å². The van der Waals surface area contributed by atoms with E-state index in [9.17, 15) is 5.26 Å². The molecule has 0 bridgehead atoms. The van der Waals surface area contributed by atoms with Gasteiger partial charge in [-0.2, -0.15) is 5.26 Å². The molecule has 4 heteroatoms. The van der Waals surface area contributed by atoms with Crippen LogP contribution < -0.4 is 0 Å². The molecular weight excluding hydrogens is 579 g/mol. The van der Waals surface area contributed by atoms with Gasteiger partial charge in [0.15, 0.2) is 0 Å². The monoisotopic (exact) mass is 603 g/mol. The molecule has 214 valence electrons. The van der Waals surface area contributed by atoms with E-state index in [1.807, 2.05) is 47.7 Å². The van der Waals surface area contributed by atoms with Gasteiger partial charge >= 0.3 is 0 Å². The molecule has 0 N–H and O–H groups in total. The summed E-state index contributed by atoms with van der Waals surface area (Å²) in [7, 11) is 0. The number of nitriles is 1. The first-order valence-corrected chi connectivity index (χ1v) is 16.1. The fraction of sp³-hybridized carbons (Fsp3) is 0. The summed E-state index contributed by atoms with van der Waals surface area (Å²) in [5.74, 6) is 0. The van der Waals surface area contributed by atoms with Crippen molar-refractivity contribution in [3.63, 3.8) is 0 Å². The van der Waals surface area contributed by atoms with Gasteiger partial charge in [0.25, 0.3) is 0 Å². The predicted octanol–water partition coefficient (Wildman–Crippen LogP) is 11.4. The van der Waals surface area contributed by atoms with Crippen LogP contribution in [0.3, 0.4) is 0 Å². The fourth-order valence-electron chi connectivity index (χ4n) is 6.65. The summed E-state index contributed by atoms with van der Waals surface area (Å²) in [6.45, 7) is 0. The maximum Gasteiger partial charge on any atom is 0.0991 e. The minimum atomic E-state index is 0.636. The maximum atomic E-state index is 9.70. The molecule has 0 radical (unpaired) electrons. The molecule has 0 amide bonds. The lowest BCUT2D eigenvalue weighted by molar-refractivity contribution is 1.18. The van der Waals surface area contributed by atoms with Gasteiger partial charge in [0.1, 0.15) is 0 Å². The molecule has 6 aromatic carbocycles. The van der Waals surface area contributed by atoms with Gasteiger partial charge in [-0.15, -0.1) is 11.3 Å². The van der Waals surface area contributed by atoms with Crippen molar-refractivity contribution in [3.05, 3.63) is 157 Å². The lowest BCUT2D eigenvalue weighted by Crippen LogP contribution is -1.97. The van der Waals surface area contributed by atoms with Crippen molar-refractivity contribution in [1.82, 2.24) is 9.55 Å². The van der Waals surface area contributed by atoms with Crippen LogP contribution in [0.5, 0.6) is 0 Å². The lowest BCUT2D eigenvalue weighted by Gasteiger charge is -2.14. The third-order valence-electron chi connectivity index (χ3n) is 8.79. The zero-order valence-corrected chi connectivity index (χ0v) is 25.5. The van der Waals surface area contributed by atoms with Crippen LogP contribution in [0.4, 0.5) is 0 Å². The first-order valence-electron chi connectivity index (χ1n) is 15.3.